The molecule has 2 aliphatic carbocycles. The van der Waals surface area contributed by atoms with Crippen LogP contribution in [0, 0.1) is 0 Å². The Morgan fingerprint density at radius 3 is 2.68 bits per heavy atom. The second kappa shape index (κ2) is 6.33. The molecule has 0 aromatic carbocycles. The number of rotatable bonds is 6. The Morgan fingerprint density at radius 2 is 2.00 bits per heavy atom. The highest BCUT2D eigenvalue weighted by atomic mass is 32.1. The van der Waals surface area contributed by atoms with Gasteiger partial charge in [0.25, 0.3) is 0 Å². The maximum atomic E-state index is 9.29. The van der Waals surface area contributed by atoms with Gasteiger partial charge in [-0.05, 0) is 25.7 Å². The molecule has 2 aliphatic rings. The van der Waals surface area contributed by atoms with Gasteiger partial charge in [0.05, 0.1) is 11.6 Å². The normalized spacial score (nSPS) is 21.2. The van der Waals surface area contributed by atoms with E-state index in [4.69, 9.17) is 0 Å². The van der Waals surface area contributed by atoms with Crippen LogP contribution in [0.25, 0.3) is 0 Å². The first kappa shape index (κ1) is 13.5. The summed E-state index contributed by atoms with van der Waals surface area (Å²) in [5.41, 5.74) is 0. The molecule has 0 aliphatic heterocycles. The molecular weight excluding hydrogens is 256 g/mol. The average Bonchev–Trinajstić information content (AvgIpc) is 3.20. The van der Waals surface area contributed by atoms with Gasteiger partial charge in [0.15, 0.2) is 0 Å². The van der Waals surface area contributed by atoms with Gasteiger partial charge in [-0.1, -0.05) is 19.3 Å². The van der Waals surface area contributed by atoms with Crippen molar-refractivity contribution in [2.24, 2.45) is 0 Å². The van der Waals surface area contributed by atoms with E-state index in [-0.39, 0.29) is 6.61 Å². The predicted molar refractivity (Wildman–Crippen MR) is 78.5 cm³/mol. The summed E-state index contributed by atoms with van der Waals surface area (Å²) in [6.45, 7) is 2.06. The monoisotopic (exact) mass is 280 g/mol. The fourth-order valence-electron chi connectivity index (χ4n) is 3.08. The summed E-state index contributed by atoms with van der Waals surface area (Å²) in [5, 5.41) is 10.6. The van der Waals surface area contributed by atoms with Crippen molar-refractivity contribution < 1.29 is 5.11 Å². The van der Waals surface area contributed by atoms with Gasteiger partial charge in [0, 0.05) is 36.1 Å². The molecule has 0 bridgehead atoms. The number of aliphatic hydroxyl groups is 1. The van der Waals surface area contributed by atoms with Gasteiger partial charge in [-0.25, -0.2) is 4.98 Å². The van der Waals surface area contributed by atoms with Crippen molar-refractivity contribution in [3.8, 4) is 0 Å². The molecule has 1 heterocycles. The van der Waals surface area contributed by atoms with E-state index in [0.717, 1.165) is 19.0 Å². The van der Waals surface area contributed by atoms with E-state index >= 15 is 0 Å². The van der Waals surface area contributed by atoms with E-state index < -0.39 is 0 Å². The molecule has 1 aromatic rings. The zero-order valence-corrected chi connectivity index (χ0v) is 12.4. The largest absolute Gasteiger partial charge is 0.395 e. The SMILES string of the molecule is OCCN(Cc1cnc(C2CC2)s1)C1CCCCC1. The van der Waals surface area contributed by atoms with Crippen LogP contribution >= 0.6 is 11.3 Å². The molecule has 0 spiro atoms. The highest BCUT2D eigenvalue weighted by Gasteiger charge is 2.27. The molecule has 19 heavy (non-hydrogen) atoms. The minimum Gasteiger partial charge on any atom is -0.395 e. The highest BCUT2D eigenvalue weighted by molar-refractivity contribution is 7.11. The van der Waals surface area contributed by atoms with Gasteiger partial charge in [-0.3, -0.25) is 4.90 Å². The fourth-order valence-corrected chi connectivity index (χ4v) is 4.19. The first-order valence-corrected chi connectivity index (χ1v) is 8.48. The van der Waals surface area contributed by atoms with Crippen molar-refractivity contribution in [2.45, 2.75) is 63.5 Å². The Balaban J connectivity index is 1.61. The number of aromatic nitrogens is 1. The second-order valence-corrected chi connectivity index (χ2v) is 7.07. The summed E-state index contributed by atoms with van der Waals surface area (Å²) in [6.07, 6.45) is 11.4. The second-order valence-electron chi connectivity index (χ2n) is 5.93. The lowest BCUT2D eigenvalue weighted by molar-refractivity contribution is 0.118. The van der Waals surface area contributed by atoms with E-state index in [0.29, 0.717) is 6.04 Å². The van der Waals surface area contributed by atoms with Gasteiger partial charge in [0.2, 0.25) is 0 Å². The summed E-state index contributed by atoms with van der Waals surface area (Å²) >= 11 is 1.89. The highest BCUT2D eigenvalue weighted by Crippen LogP contribution is 2.42. The van der Waals surface area contributed by atoms with Crippen LogP contribution in [0.1, 0.15) is 60.7 Å². The first-order chi connectivity index (χ1) is 9.36. The number of thiazole rings is 1. The summed E-state index contributed by atoms with van der Waals surface area (Å²) < 4.78 is 0. The Bertz CT molecular complexity index is 397. The predicted octanol–water partition coefficient (Wildman–Crippen LogP) is 3.15. The zero-order valence-electron chi connectivity index (χ0n) is 11.6. The molecule has 3 rings (SSSR count). The van der Waals surface area contributed by atoms with Crippen LogP contribution in [-0.4, -0.2) is 34.2 Å². The minimum absolute atomic E-state index is 0.269. The van der Waals surface area contributed by atoms with Crippen molar-refractivity contribution in [1.82, 2.24) is 9.88 Å². The summed E-state index contributed by atoms with van der Waals surface area (Å²) in [7, 11) is 0. The number of hydrogen-bond donors (Lipinski definition) is 1. The molecule has 1 aromatic heterocycles. The summed E-state index contributed by atoms with van der Waals surface area (Å²) in [6, 6.07) is 0.673. The molecule has 0 radical (unpaired) electrons. The van der Waals surface area contributed by atoms with E-state index in [1.165, 1.54) is 54.8 Å². The van der Waals surface area contributed by atoms with Gasteiger partial charge in [-0.15, -0.1) is 11.3 Å². The maximum absolute atomic E-state index is 9.29. The van der Waals surface area contributed by atoms with Crippen molar-refractivity contribution in [3.05, 3.63) is 16.1 Å². The smallest absolute Gasteiger partial charge is 0.0959 e. The van der Waals surface area contributed by atoms with Crippen LogP contribution in [0.4, 0.5) is 0 Å². The molecule has 0 unspecified atom stereocenters. The third-order valence-corrected chi connectivity index (χ3v) is 5.48. The van der Waals surface area contributed by atoms with Crippen molar-refractivity contribution in [3.63, 3.8) is 0 Å². The molecule has 0 amide bonds. The lowest BCUT2D eigenvalue weighted by Gasteiger charge is -2.33. The van der Waals surface area contributed by atoms with Crippen LogP contribution in [0.15, 0.2) is 6.20 Å². The van der Waals surface area contributed by atoms with Crippen LogP contribution in [-0.2, 0) is 6.54 Å². The van der Waals surface area contributed by atoms with Crippen LogP contribution in [0.3, 0.4) is 0 Å². The molecule has 2 saturated carbocycles. The van der Waals surface area contributed by atoms with Gasteiger partial charge < -0.3 is 5.11 Å². The third kappa shape index (κ3) is 3.56. The lowest BCUT2D eigenvalue weighted by Crippen LogP contribution is -2.38. The van der Waals surface area contributed by atoms with E-state index in [1.807, 2.05) is 11.3 Å². The standard InChI is InChI=1S/C15H24N2OS/c18-9-8-17(13-4-2-1-3-5-13)11-14-10-16-15(19-14)12-6-7-12/h10,12-13,18H,1-9,11H2. The van der Waals surface area contributed by atoms with Gasteiger partial charge >= 0.3 is 0 Å². The Hall–Kier alpha value is -0.450. The Morgan fingerprint density at radius 1 is 1.21 bits per heavy atom. The zero-order chi connectivity index (χ0) is 13.1. The van der Waals surface area contributed by atoms with Gasteiger partial charge in [-0.2, -0.15) is 0 Å². The third-order valence-electron chi connectivity index (χ3n) is 4.34. The molecule has 3 nitrogen and oxygen atoms in total. The van der Waals surface area contributed by atoms with E-state index in [9.17, 15) is 5.11 Å². The molecule has 1 N–H and O–H groups in total. The van der Waals surface area contributed by atoms with Crippen LogP contribution < -0.4 is 0 Å². The Labute approximate surface area is 119 Å². The molecule has 4 heteroatoms. The number of aliphatic hydroxyl groups excluding tert-OH is 1. The molecular formula is C15H24N2OS. The number of nitrogens with zero attached hydrogens (tertiary/aromatic N) is 2. The van der Waals surface area contributed by atoms with E-state index in [1.54, 1.807) is 0 Å². The van der Waals surface area contributed by atoms with E-state index in [2.05, 4.69) is 16.1 Å². The van der Waals surface area contributed by atoms with Crippen molar-refractivity contribution >= 4 is 11.3 Å². The maximum Gasteiger partial charge on any atom is 0.0959 e. The molecule has 0 atom stereocenters. The average molecular weight is 280 g/mol. The quantitative estimate of drug-likeness (QED) is 0.869. The van der Waals surface area contributed by atoms with Gasteiger partial charge in [0.1, 0.15) is 0 Å². The topological polar surface area (TPSA) is 36.4 Å². The van der Waals surface area contributed by atoms with Crippen molar-refractivity contribution in [1.29, 1.82) is 0 Å². The van der Waals surface area contributed by atoms with Crippen molar-refractivity contribution in [2.75, 3.05) is 13.2 Å². The van der Waals surface area contributed by atoms with Crippen LogP contribution in [0.5, 0.6) is 0 Å². The molecule has 0 saturated heterocycles. The van der Waals surface area contributed by atoms with Crippen LogP contribution in [0.2, 0.25) is 0 Å². The minimum atomic E-state index is 0.269. The fraction of sp³-hybridized carbons (Fsp3) is 0.800. The molecule has 106 valence electrons. The number of hydrogen-bond acceptors (Lipinski definition) is 4. The Kier molecular flexibility index (Phi) is 4.51. The summed E-state index contributed by atoms with van der Waals surface area (Å²) in [4.78, 5) is 8.42. The first-order valence-electron chi connectivity index (χ1n) is 7.66. The lowest BCUT2D eigenvalue weighted by atomic mass is 9.94. The summed E-state index contributed by atoms with van der Waals surface area (Å²) in [5.74, 6) is 0.764. The molecule has 2 fully saturated rings.